The molecule has 0 aliphatic carbocycles. The molecule has 0 heterocycles. The SMILES string of the molecule is C=CC(C)Nc1ccc(C#N)c(N)c1. The summed E-state index contributed by atoms with van der Waals surface area (Å²) in [4.78, 5) is 0. The van der Waals surface area contributed by atoms with Crippen LogP contribution in [0.15, 0.2) is 30.9 Å². The Hall–Kier alpha value is -1.95. The van der Waals surface area contributed by atoms with E-state index in [-0.39, 0.29) is 6.04 Å². The molecule has 1 aromatic carbocycles. The highest BCUT2D eigenvalue weighted by Gasteiger charge is 2.00. The van der Waals surface area contributed by atoms with Crippen molar-refractivity contribution in [3.8, 4) is 6.07 Å². The Morgan fingerprint density at radius 3 is 2.86 bits per heavy atom. The number of nitrogen functional groups attached to an aromatic ring is 1. The standard InChI is InChI=1S/C11H13N3/c1-3-8(2)14-10-5-4-9(7-12)11(13)6-10/h3-6,8,14H,1,13H2,2H3. The molecule has 0 bridgehead atoms. The van der Waals surface area contributed by atoms with Gasteiger partial charge in [0.2, 0.25) is 0 Å². The van der Waals surface area contributed by atoms with Gasteiger partial charge in [-0.3, -0.25) is 0 Å². The van der Waals surface area contributed by atoms with Crippen molar-refractivity contribution < 1.29 is 0 Å². The van der Waals surface area contributed by atoms with Crippen molar-refractivity contribution in [2.75, 3.05) is 11.1 Å². The molecule has 0 spiro atoms. The summed E-state index contributed by atoms with van der Waals surface area (Å²) in [5.41, 5.74) is 7.55. The molecule has 0 aromatic heterocycles. The molecule has 1 atom stereocenters. The van der Waals surface area contributed by atoms with Crippen LogP contribution >= 0.6 is 0 Å². The predicted octanol–water partition coefficient (Wildman–Crippen LogP) is 2.13. The number of hydrogen-bond acceptors (Lipinski definition) is 3. The van der Waals surface area contributed by atoms with E-state index >= 15 is 0 Å². The maximum absolute atomic E-state index is 8.67. The molecule has 0 saturated heterocycles. The van der Waals surface area contributed by atoms with Crippen LogP contribution in [0.2, 0.25) is 0 Å². The third-order valence-corrected chi connectivity index (χ3v) is 1.92. The van der Waals surface area contributed by atoms with Crippen molar-refractivity contribution in [1.82, 2.24) is 0 Å². The summed E-state index contributed by atoms with van der Waals surface area (Å²) < 4.78 is 0. The van der Waals surface area contributed by atoms with Gasteiger partial charge >= 0.3 is 0 Å². The fourth-order valence-corrected chi connectivity index (χ4v) is 1.08. The third-order valence-electron chi connectivity index (χ3n) is 1.92. The van der Waals surface area contributed by atoms with Crippen LogP contribution in [0.4, 0.5) is 11.4 Å². The largest absolute Gasteiger partial charge is 0.398 e. The van der Waals surface area contributed by atoms with E-state index < -0.39 is 0 Å². The Morgan fingerprint density at radius 1 is 1.64 bits per heavy atom. The topological polar surface area (TPSA) is 61.8 Å². The molecule has 3 heteroatoms. The van der Waals surface area contributed by atoms with Crippen molar-refractivity contribution in [3.63, 3.8) is 0 Å². The number of nitrogens with two attached hydrogens (primary N) is 1. The average Bonchev–Trinajstić information content (AvgIpc) is 2.18. The predicted molar refractivity (Wildman–Crippen MR) is 58.9 cm³/mol. The Kier molecular flexibility index (Phi) is 3.14. The summed E-state index contributed by atoms with van der Waals surface area (Å²) in [5.74, 6) is 0. The van der Waals surface area contributed by atoms with Crippen LogP contribution in [0.5, 0.6) is 0 Å². The molecule has 1 aromatic rings. The minimum atomic E-state index is 0.183. The van der Waals surface area contributed by atoms with Gasteiger partial charge in [-0.05, 0) is 25.1 Å². The average molecular weight is 187 g/mol. The van der Waals surface area contributed by atoms with Gasteiger partial charge in [-0.15, -0.1) is 6.58 Å². The monoisotopic (exact) mass is 187 g/mol. The lowest BCUT2D eigenvalue weighted by Gasteiger charge is -2.11. The fourth-order valence-electron chi connectivity index (χ4n) is 1.08. The normalized spacial score (nSPS) is 11.4. The van der Waals surface area contributed by atoms with E-state index in [1.54, 1.807) is 18.2 Å². The van der Waals surface area contributed by atoms with Crippen LogP contribution in [-0.4, -0.2) is 6.04 Å². The smallest absolute Gasteiger partial charge is 0.101 e. The third kappa shape index (κ3) is 2.27. The number of benzene rings is 1. The lowest BCUT2D eigenvalue weighted by Crippen LogP contribution is -2.11. The molecule has 3 N–H and O–H groups in total. The molecular formula is C11H13N3. The zero-order chi connectivity index (χ0) is 10.6. The maximum Gasteiger partial charge on any atom is 0.101 e. The summed E-state index contributed by atoms with van der Waals surface area (Å²) >= 11 is 0. The minimum Gasteiger partial charge on any atom is -0.398 e. The van der Waals surface area contributed by atoms with E-state index in [0.29, 0.717) is 11.3 Å². The molecule has 0 amide bonds. The molecule has 72 valence electrons. The van der Waals surface area contributed by atoms with Crippen molar-refractivity contribution in [1.29, 1.82) is 5.26 Å². The molecule has 0 saturated carbocycles. The second kappa shape index (κ2) is 4.33. The van der Waals surface area contributed by atoms with E-state index in [2.05, 4.69) is 11.9 Å². The number of hydrogen-bond donors (Lipinski definition) is 2. The van der Waals surface area contributed by atoms with Crippen molar-refractivity contribution in [2.24, 2.45) is 0 Å². The summed E-state index contributed by atoms with van der Waals surface area (Å²) in [6.45, 7) is 5.65. The number of anilines is 2. The Bertz CT molecular complexity index is 377. The van der Waals surface area contributed by atoms with Crippen molar-refractivity contribution in [2.45, 2.75) is 13.0 Å². The van der Waals surface area contributed by atoms with Crippen LogP contribution in [0.25, 0.3) is 0 Å². The molecular weight excluding hydrogens is 174 g/mol. The van der Waals surface area contributed by atoms with Crippen LogP contribution in [0.1, 0.15) is 12.5 Å². The van der Waals surface area contributed by atoms with Crippen LogP contribution in [0.3, 0.4) is 0 Å². The van der Waals surface area contributed by atoms with Gasteiger partial charge in [0.05, 0.1) is 11.3 Å². The van der Waals surface area contributed by atoms with E-state index in [1.165, 1.54) is 0 Å². The van der Waals surface area contributed by atoms with Gasteiger partial charge in [0.15, 0.2) is 0 Å². The number of rotatable bonds is 3. The minimum absolute atomic E-state index is 0.183. The second-order valence-electron chi connectivity index (χ2n) is 3.08. The number of nitrogens with one attached hydrogen (secondary N) is 1. The molecule has 0 radical (unpaired) electrons. The van der Waals surface area contributed by atoms with Crippen molar-refractivity contribution in [3.05, 3.63) is 36.4 Å². The van der Waals surface area contributed by atoms with Gasteiger partial charge in [-0.25, -0.2) is 0 Å². The number of nitrogens with zero attached hydrogens (tertiary/aromatic N) is 1. The van der Waals surface area contributed by atoms with Crippen LogP contribution < -0.4 is 11.1 Å². The zero-order valence-corrected chi connectivity index (χ0v) is 8.12. The van der Waals surface area contributed by atoms with Gasteiger partial charge in [-0.1, -0.05) is 6.08 Å². The molecule has 1 rings (SSSR count). The number of nitriles is 1. The first-order chi connectivity index (χ1) is 6.67. The molecule has 3 nitrogen and oxygen atoms in total. The Labute approximate surface area is 83.8 Å². The first-order valence-corrected chi connectivity index (χ1v) is 4.36. The van der Waals surface area contributed by atoms with Gasteiger partial charge in [0, 0.05) is 11.7 Å². The highest BCUT2D eigenvalue weighted by Crippen LogP contribution is 2.17. The summed E-state index contributed by atoms with van der Waals surface area (Å²) in [6.07, 6.45) is 1.80. The van der Waals surface area contributed by atoms with Gasteiger partial charge < -0.3 is 11.1 Å². The van der Waals surface area contributed by atoms with E-state index in [0.717, 1.165) is 5.69 Å². The summed E-state index contributed by atoms with van der Waals surface area (Å²) in [6, 6.07) is 7.48. The zero-order valence-electron chi connectivity index (χ0n) is 8.12. The summed E-state index contributed by atoms with van der Waals surface area (Å²) in [7, 11) is 0. The van der Waals surface area contributed by atoms with Gasteiger partial charge in [0.25, 0.3) is 0 Å². The van der Waals surface area contributed by atoms with Crippen LogP contribution in [0, 0.1) is 11.3 Å². The van der Waals surface area contributed by atoms with E-state index in [1.807, 2.05) is 19.1 Å². The second-order valence-corrected chi connectivity index (χ2v) is 3.08. The molecule has 14 heavy (non-hydrogen) atoms. The first-order valence-electron chi connectivity index (χ1n) is 4.36. The van der Waals surface area contributed by atoms with Crippen molar-refractivity contribution >= 4 is 11.4 Å². The molecule has 0 aliphatic rings. The molecule has 1 unspecified atom stereocenters. The van der Waals surface area contributed by atoms with E-state index in [4.69, 9.17) is 11.0 Å². The lowest BCUT2D eigenvalue weighted by molar-refractivity contribution is 1.00. The highest BCUT2D eigenvalue weighted by molar-refractivity contribution is 5.63. The Balaban J connectivity index is 2.87. The van der Waals surface area contributed by atoms with E-state index in [9.17, 15) is 0 Å². The highest BCUT2D eigenvalue weighted by atomic mass is 14.9. The fraction of sp³-hybridized carbons (Fsp3) is 0.182. The Morgan fingerprint density at radius 2 is 2.36 bits per heavy atom. The maximum atomic E-state index is 8.67. The molecule has 0 fully saturated rings. The summed E-state index contributed by atoms with van der Waals surface area (Å²) in [5, 5.41) is 11.8. The van der Waals surface area contributed by atoms with Gasteiger partial charge in [-0.2, -0.15) is 5.26 Å². The lowest BCUT2D eigenvalue weighted by atomic mass is 10.1. The molecule has 0 aliphatic heterocycles. The first kappa shape index (κ1) is 10.1. The van der Waals surface area contributed by atoms with Crippen LogP contribution in [-0.2, 0) is 0 Å². The van der Waals surface area contributed by atoms with Gasteiger partial charge in [0.1, 0.15) is 6.07 Å². The quantitative estimate of drug-likeness (QED) is 0.563.